The molecule has 2 aromatic rings. The minimum Gasteiger partial charge on any atom is -0.469 e. The number of aliphatic hydroxyl groups excluding tert-OH is 1. The van der Waals surface area contributed by atoms with Gasteiger partial charge in [0.1, 0.15) is 11.4 Å². The minimum absolute atomic E-state index is 0.0362. The van der Waals surface area contributed by atoms with Crippen LogP contribution in [0.5, 0.6) is 0 Å². The number of rotatable bonds is 7. The monoisotopic (exact) mass is 344 g/mol. The van der Waals surface area contributed by atoms with Crippen LogP contribution in [-0.4, -0.2) is 23.2 Å². The number of nitrogens with zero attached hydrogens (tertiary/aromatic N) is 1. The second kappa shape index (κ2) is 7.35. The SMILES string of the molecule is O=[N+]([O-])c1cc(C(F)(F)F)ccc1NCC(CO)Cc1ccco1. The summed E-state index contributed by atoms with van der Waals surface area (Å²) in [6.07, 6.45) is -2.78. The Balaban J connectivity index is 2.12. The molecule has 0 saturated heterocycles. The number of hydrogen-bond acceptors (Lipinski definition) is 5. The van der Waals surface area contributed by atoms with E-state index in [0.717, 1.165) is 12.1 Å². The zero-order valence-electron chi connectivity index (χ0n) is 12.4. The maximum Gasteiger partial charge on any atom is 0.416 e. The summed E-state index contributed by atoms with van der Waals surface area (Å²) in [5.41, 5.74) is -1.79. The predicted octanol–water partition coefficient (Wildman–Crippen LogP) is 3.47. The Hall–Kier alpha value is -2.55. The Kier molecular flexibility index (Phi) is 5.45. The van der Waals surface area contributed by atoms with Crippen molar-refractivity contribution in [2.75, 3.05) is 18.5 Å². The van der Waals surface area contributed by atoms with Crippen LogP contribution in [0.25, 0.3) is 0 Å². The Morgan fingerprint density at radius 2 is 2.08 bits per heavy atom. The molecule has 1 heterocycles. The van der Waals surface area contributed by atoms with E-state index >= 15 is 0 Å². The van der Waals surface area contributed by atoms with Crippen molar-refractivity contribution < 1.29 is 27.6 Å². The van der Waals surface area contributed by atoms with Crippen molar-refractivity contribution in [2.45, 2.75) is 12.6 Å². The molecule has 0 amide bonds. The highest BCUT2D eigenvalue weighted by Crippen LogP contribution is 2.35. The van der Waals surface area contributed by atoms with Gasteiger partial charge in [-0.05, 0) is 24.3 Å². The van der Waals surface area contributed by atoms with E-state index in [1.165, 1.54) is 6.26 Å². The van der Waals surface area contributed by atoms with Crippen molar-refractivity contribution >= 4 is 11.4 Å². The second-order valence-electron chi connectivity index (χ2n) is 5.20. The highest BCUT2D eigenvalue weighted by molar-refractivity contribution is 5.63. The lowest BCUT2D eigenvalue weighted by atomic mass is 10.0. The zero-order valence-corrected chi connectivity index (χ0v) is 12.4. The van der Waals surface area contributed by atoms with E-state index in [9.17, 15) is 28.4 Å². The van der Waals surface area contributed by atoms with Crippen LogP contribution in [0.2, 0.25) is 0 Å². The summed E-state index contributed by atoms with van der Waals surface area (Å²) in [6, 6.07) is 5.70. The van der Waals surface area contributed by atoms with E-state index in [1.54, 1.807) is 12.1 Å². The first-order valence-electron chi connectivity index (χ1n) is 7.04. The Labute approximate surface area is 135 Å². The van der Waals surface area contributed by atoms with Crippen molar-refractivity contribution in [1.82, 2.24) is 0 Å². The topological polar surface area (TPSA) is 88.5 Å². The quantitative estimate of drug-likeness (QED) is 0.593. The van der Waals surface area contributed by atoms with Gasteiger partial charge in [0.15, 0.2) is 0 Å². The van der Waals surface area contributed by atoms with Gasteiger partial charge in [-0.1, -0.05) is 0 Å². The lowest BCUT2D eigenvalue weighted by Crippen LogP contribution is -2.20. The fourth-order valence-electron chi connectivity index (χ4n) is 2.18. The van der Waals surface area contributed by atoms with Gasteiger partial charge in [0, 0.05) is 31.6 Å². The van der Waals surface area contributed by atoms with E-state index < -0.39 is 22.4 Å². The Bertz CT molecular complexity index is 687. The van der Waals surface area contributed by atoms with Crippen molar-refractivity contribution in [2.24, 2.45) is 5.92 Å². The maximum atomic E-state index is 12.7. The molecule has 1 atom stereocenters. The molecule has 24 heavy (non-hydrogen) atoms. The molecule has 2 rings (SSSR count). The fraction of sp³-hybridized carbons (Fsp3) is 0.333. The summed E-state index contributed by atoms with van der Waals surface area (Å²) in [4.78, 5) is 10.1. The van der Waals surface area contributed by atoms with Gasteiger partial charge in [0.25, 0.3) is 5.69 Å². The maximum absolute atomic E-state index is 12.7. The molecule has 2 N–H and O–H groups in total. The van der Waals surface area contributed by atoms with Gasteiger partial charge >= 0.3 is 6.18 Å². The first-order valence-corrected chi connectivity index (χ1v) is 7.04. The summed E-state index contributed by atoms with van der Waals surface area (Å²) in [6.45, 7) is -0.0640. The predicted molar refractivity (Wildman–Crippen MR) is 79.6 cm³/mol. The van der Waals surface area contributed by atoms with Gasteiger partial charge in [-0.3, -0.25) is 10.1 Å². The highest BCUT2D eigenvalue weighted by Gasteiger charge is 2.33. The first kappa shape index (κ1) is 17.8. The lowest BCUT2D eigenvalue weighted by Gasteiger charge is -2.15. The third-order valence-corrected chi connectivity index (χ3v) is 3.43. The summed E-state index contributed by atoms with van der Waals surface area (Å²) in [5.74, 6) is 0.329. The normalized spacial score (nSPS) is 12.8. The molecule has 0 radical (unpaired) electrons. The summed E-state index contributed by atoms with van der Waals surface area (Å²) < 4.78 is 43.1. The lowest BCUT2D eigenvalue weighted by molar-refractivity contribution is -0.384. The Morgan fingerprint density at radius 1 is 1.33 bits per heavy atom. The van der Waals surface area contributed by atoms with Crippen LogP contribution in [0.1, 0.15) is 11.3 Å². The molecule has 6 nitrogen and oxygen atoms in total. The van der Waals surface area contributed by atoms with Crippen molar-refractivity contribution in [1.29, 1.82) is 0 Å². The summed E-state index contributed by atoms with van der Waals surface area (Å²) in [7, 11) is 0. The molecule has 0 spiro atoms. The van der Waals surface area contributed by atoms with Gasteiger partial charge in [-0.25, -0.2) is 0 Å². The molecule has 9 heteroatoms. The van der Waals surface area contributed by atoms with Gasteiger partial charge in [-0.15, -0.1) is 0 Å². The van der Waals surface area contributed by atoms with Crippen LogP contribution in [-0.2, 0) is 12.6 Å². The standard InChI is InChI=1S/C15H15F3N2O4/c16-15(17,18)11-3-4-13(14(7-11)20(22)23)19-8-10(9-21)6-12-2-1-5-24-12/h1-5,7,10,19,21H,6,8-9H2. The molecule has 0 aliphatic carbocycles. The molecule has 0 bridgehead atoms. The number of aliphatic hydroxyl groups is 1. The Morgan fingerprint density at radius 3 is 2.62 bits per heavy atom. The number of nitro benzene ring substituents is 1. The number of furan rings is 1. The molecule has 0 fully saturated rings. The number of hydrogen-bond donors (Lipinski definition) is 2. The van der Waals surface area contributed by atoms with Crippen LogP contribution in [0.15, 0.2) is 41.0 Å². The molecular weight excluding hydrogens is 329 g/mol. The first-order chi connectivity index (χ1) is 11.3. The van der Waals surface area contributed by atoms with Crippen LogP contribution in [0, 0.1) is 16.0 Å². The van der Waals surface area contributed by atoms with Gasteiger partial charge in [0.05, 0.1) is 16.7 Å². The molecule has 1 unspecified atom stereocenters. The smallest absolute Gasteiger partial charge is 0.416 e. The van der Waals surface area contributed by atoms with Crippen LogP contribution >= 0.6 is 0 Å². The van der Waals surface area contributed by atoms with Crippen LogP contribution < -0.4 is 5.32 Å². The molecule has 0 saturated carbocycles. The van der Waals surface area contributed by atoms with Crippen LogP contribution in [0.3, 0.4) is 0 Å². The number of nitro groups is 1. The minimum atomic E-state index is -4.66. The third-order valence-electron chi connectivity index (χ3n) is 3.43. The molecule has 0 aliphatic heterocycles. The largest absolute Gasteiger partial charge is 0.469 e. The zero-order chi connectivity index (χ0) is 17.7. The fourth-order valence-corrected chi connectivity index (χ4v) is 2.18. The van der Waals surface area contributed by atoms with Gasteiger partial charge in [0.2, 0.25) is 0 Å². The van der Waals surface area contributed by atoms with E-state index in [-0.39, 0.29) is 24.8 Å². The van der Waals surface area contributed by atoms with Crippen molar-refractivity contribution in [3.05, 3.63) is 58.0 Å². The van der Waals surface area contributed by atoms with E-state index in [2.05, 4.69) is 5.32 Å². The van der Waals surface area contributed by atoms with Crippen molar-refractivity contribution in [3.8, 4) is 0 Å². The number of anilines is 1. The molecule has 1 aromatic carbocycles. The number of halogens is 3. The van der Waals surface area contributed by atoms with E-state index in [4.69, 9.17) is 4.42 Å². The van der Waals surface area contributed by atoms with E-state index in [0.29, 0.717) is 18.2 Å². The molecular formula is C15H15F3N2O4. The second-order valence-corrected chi connectivity index (χ2v) is 5.20. The van der Waals surface area contributed by atoms with E-state index in [1.807, 2.05) is 0 Å². The van der Waals surface area contributed by atoms with Crippen molar-refractivity contribution in [3.63, 3.8) is 0 Å². The number of alkyl halides is 3. The van der Waals surface area contributed by atoms with Crippen LogP contribution in [0.4, 0.5) is 24.5 Å². The van der Waals surface area contributed by atoms with Gasteiger partial charge < -0.3 is 14.8 Å². The average molecular weight is 344 g/mol. The summed E-state index contributed by atoms with van der Waals surface area (Å²) >= 11 is 0. The summed E-state index contributed by atoms with van der Waals surface area (Å²) in [5, 5.41) is 23.1. The molecule has 1 aromatic heterocycles. The average Bonchev–Trinajstić information content (AvgIpc) is 3.03. The highest BCUT2D eigenvalue weighted by atomic mass is 19.4. The molecule has 0 aliphatic rings. The molecule has 130 valence electrons. The number of benzene rings is 1. The number of nitrogens with one attached hydrogen (secondary N) is 1. The van der Waals surface area contributed by atoms with Gasteiger partial charge in [-0.2, -0.15) is 13.2 Å². The third kappa shape index (κ3) is 4.48.